The zero-order valence-electron chi connectivity index (χ0n) is 36.1. The summed E-state index contributed by atoms with van der Waals surface area (Å²) in [5.74, 6) is 1.36. The second-order valence-corrected chi connectivity index (χ2v) is 17.4. The molecule has 0 fully saturated rings. The van der Waals surface area contributed by atoms with E-state index >= 15 is 0 Å². The Balaban J connectivity index is 1.03. The highest BCUT2D eigenvalue weighted by molar-refractivity contribution is 6.23. The van der Waals surface area contributed by atoms with Crippen molar-refractivity contribution in [2.24, 2.45) is 9.98 Å². The minimum Gasteiger partial charge on any atom is -0.456 e. The molecule has 4 heterocycles. The van der Waals surface area contributed by atoms with Gasteiger partial charge in [-0.3, -0.25) is 0 Å². The fourth-order valence-corrected chi connectivity index (χ4v) is 10.5. The van der Waals surface area contributed by atoms with Gasteiger partial charge >= 0.3 is 0 Å². The topological polar surface area (TPSA) is 59.8 Å². The number of furan rings is 1. The summed E-state index contributed by atoms with van der Waals surface area (Å²) < 4.78 is 11.5. The third kappa shape index (κ3) is 5.97. The van der Waals surface area contributed by atoms with Gasteiger partial charge in [-0.05, 0) is 88.1 Å². The Hall–Kier alpha value is -9.00. The third-order valence-corrected chi connectivity index (χ3v) is 13.5. The van der Waals surface area contributed by atoms with Crippen LogP contribution in [0.25, 0.3) is 98.8 Å². The molecule has 67 heavy (non-hydrogen) atoms. The van der Waals surface area contributed by atoms with Crippen molar-refractivity contribution < 1.29 is 4.42 Å². The predicted molar refractivity (Wildman–Crippen MR) is 277 cm³/mol. The average Bonchev–Trinajstić information content (AvgIpc) is 4.05. The Morgan fingerprint density at radius 1 is 0.403 bits per heavy atom. The molecular formula is C61H39N5O. The highest BCUT2D eigenvalue weighted by atomic mass is 16.3. The van der Waals surface area contributed by atoms with Gasteiger partial charge in [-0.2, -0.15) is 0 Å². The van der Waals surface area contributed by atoms with Crippen LogP contribution in [0, 0.1) is 0 Å². The quantitative estimate of drug-likeness (QED) is 0.181. The molecule has 3 aromatic heterocycles. The number of nitrogens with one attached hydrogen (secondary N) is 1. The van der Waals surface area contributed by atoms with Gasteiger partial charge in [-0.15, -0.1) is 0 Å². The number of amidine groups is 2. The van der Waals surface area contributed by atoms with Gasteiger partial charge in [0.25, 0.3) is 0 Å². The molecule has 1 atom stereocenters. The number of hydrogen-bond donors (Lipinski definition) is 1. The lowest BCUT2D eigenvalue weighted by Crippen LogP contribution is -2.33. The normalized spacial score (nSPS) is 14.1. The summed E-state index contributed by atoms with van der Waals surface area (Å²) in [7, 11) is 0. The molecule has 1 unspecified atom stereocenters. The molecule has 314 valence electrons. The van der Waals surface area contributed by atoms with Gasteiger partial charge in [0.05, 0.1) is 27.8 Å². The van der Waals surface area contributed by atoms with Crippen LogP contribution in [0.15, 0.2) is 239 Å². The van der Waals surface area contributed by atoms with Crippen molar-refractivity contribution in [3.63, 3.8) is 0 Å². The van der Waals surface area contributed by atoms with Gasteiger partial charge < -0.3 is 18.9 Å². The Bertz CT molecular complexity index is 4190. The molecule has 1 N–H and O–H groups in total. The zero-order chi connectivity index (χ0) is 44.0. The van der Waals surface area contributed by atoms with E-state index < -0.39 is 6.17 Å². The zero-order valence-corrected chi connectivity index (χ0v) is 36.1. The molecule has 1 aliphatic heterocycles. The lowest BCUT2D eigenvalue weighted by Gasteiger charge is -2.25. The van der Waals surface area contributed by atoms with E-state index in [1.54, 1.807) is 0 Å². The van der Waals surface area contributed by atoms with Crippen LogP contribution in [-0.4, -0.2) is 20.8 Å². The summed E-state index contributed by atoms with van der Waals surface area (Å²) >= 11 is 0. The van der Waals surface area contributed by atoms with Gasteiger partial charge in [-0.25, -0.2) is 9.98 Å². The second-order valence-electron chi connectivity index (χ2n) is 17.4. The summed E-state index contributed by atoms with van der Waals surface area (Å²) in [4.78, 5) is 11.1. The van der Waals surface area contributed by atoms with Crippen molar-refractivity contribution in [3.8, 4) is 22.5 Å². The van der Waals surface area contributed by atoms with Crippen LogP contribution in [0.3, 0.4) is 0 Å². The standard InChI is InChI=1S/C61H39N5O/c1-3-16-38(17-4-1)39-20-15-21-42(32-39)59-62-60(43-30-31-48-46-24-9-12-27-52(46)65(54(48)35-43)44-22-5-2-6-23-44)64-61(63-59)51-36-45(37-57-58(51)49-26-11-14-29-56(49)67-57)66-53-28-13-10-25-47(53)50-33-40-18-7-8-19-41(40)34-55(50)66/h1-37,59H,(H,62,63,64). The van der Waals surface area contributed by atoms with Crippen molar-refractivity contribution in [2.45, 2.75) is 6.17 Å². The predicted octanol–water partition coefficient (Wildman–Crippen LogP) is 15.1. The lowest BCUT2D eigenvalue weighted by molar-refractivity contribution is 0.667. The van der Waals surface area contributed by atoms with Crippen LogP contribution < -0.4 is 5.32 Å². The molecule has 6 nitrogen and oxygen atoms in total. The molecule has 0 bridgehead atoms. The van der Waals surface area contributed by atoms with Gasteiger partial charge in [0, 0.05) is 55.2 Å². The first-order chi connectivity index (χ1) is 33.2. The third-order valence-electron chi connectivity index (χ3n) is 13.5. The molecule has 0 saturated heterocycles. The van der Waals surface area contributed by atoms with Gasteiger partial charge in [0.2, 0.25) is 0 Å². The first-order valence-electron chi connectivity index (χ1n) is 22.8. The molecule has 14 rings (SSSR count). The van der Waals surface area contributed by atoms with E-state index in [0.29, 0.717) is 11.7 Å². The second kappa shape index (κ2) is 14.8. The Morgan fingerprint density at radius 3 is 1.84 bits per heavy atom. The smallest absolute Gasteiger partial charge is 0.159 e. The Labute approximate surface area is 385 Å². The van der Waals surface area contributed by atoms with E-state index in [1.165, 1.54) is 32.3 Å². The summed E-state index contributed by atoms with van der Waals surface area (Å²) in [5, 5.41) is 13.1. The van der Waals surface area contributed by atoms with Crippen molar-refractivity contribution >= 4 is 88.0 Å². The van der Waals surface area contributed by atoms with Gasteiger partial charge in [-0.1, -0.05) is 158 Å². The Morgan fingerprint density at radius 2 is 1.03 bits per heavy atom. The molecule has 0 aliphatic carbocycles. The number of aromatic nitrogens is 2. The van der Waals surface area contributed by atoms with E-state index in [-0.39, 0.29) is 0 Å². The van der Waals surface area contributed by atoms with Crippen molar-refractivity contribution in [3.05, 3.63) is 241 Å². The first kappa shape index (κ1) is 37.4. The molecule has 1 aliphatic rings. The first-order valence-corrected chi connectivity index (χ1v) is 22.8. The highest BCUT2D eigenvalue weighted by Crippen LogP contribution is 2.40. The van der Waals surface area contributed by atoms with Crippen molar-refractivity contribution in [1.29, 1.82) is 0 Å². The fourth-order valence-electron chi connectivity index (χ4n) is 10.5. The summed E-state index contributed by atoms with van der Waals surface area (Å²) in [6.07, 6.45) is -0.460. The number of rotatable bonds is 6. The highest BCUT2D eigenvalue weighted by Gasteiger charge is 2.27. The fraction of sp³-hybridized carbons (Fsp3) is 0.0164. The Kier molecular flexibility index (Phi) is 8.24. The minimum atomic E-state index is -0.460. The molecule has 0 amide bonds. The maximum Gasteiger partial charge on any atom is 0.159 e. The lowest BCUT2D eigenvalue weighted by atomic mass is 10.0. The number of fused-ring (bicyclic) bond motifs is 10. The van der Waals surface area contributed by atoms with E-state index in [1.807, 2.05) is 12.1 Å². The van der Waals surface area contributed by atoms with Crippen molar-refractivity contribution in [1.82, 2.24) is 14.5 Å². The van der Waals surface area contributed by atoms with Crippen LogP contribution in [0.5, 0.6) is 0 Å². The molecule has 13 aromatic rings. The summed E-state index contributed by atoms with van der Waals surface area (Å²) in [6, 6.07) is 79.8. The van der Waals surface area contributed by atoms with Crippen LogP contribution >= 0.6 is 0 Å². The number of para-hydroxylation sites is 4. The number of nitrogens with zero attached hydrogens (tertiary/aromatic N) is 4. The minimum absolute atomic E-state index is 0.460. The van der Waals surface area contributed by atoms with Crippen LogP contribution in [0.4, 0.5) is 0 Å². The number of benzene rings is 10. The molecule has 0 radical (unpaired) electrons. The van der Waals surface area contributed by atoms with Gasteiger partial charge in [0.1, 0.15) is 23.2 Å². The SMILES string of the molecule is c1ccc(-c2cccc(C3N=C(c4ccc5c6ccccc6n(-c6ccccc6)c5c4)N=C(c4cc(-n5c6ccccc6c6cc7ccccc7cc65)cc5oc6ccccc6c45)N3)c2)cc1. The maximum absolute atomic E-state index is 6.81. The van der Waals surface area contributed by atoms with Crippen LogP contribution in [0.1, 0.15) is 22.9 Å². The molecule has 0 spiro atoms. The number of aliphatic imine (C=N–C) groups is 2. The molecule has 0 saturated carbocycles. The maximum atomic E-state index is 6.81. The van der Waals surface area contributed by atoms with E-state index in [0.717, 1.165) is 83.2 Å². The van der Waals surface area contributed by atoms with E-state index in [4.69, 9.17) is 14.4 Å². The average molecular weight is 858 g/mol. The largest absolute Gasteiger partial charge is 0.456 e. The van der Waals surface area contributed by atoms with Crippen molar-refractivity contribution in [2.75, 3.05) is 0 Å². The summed E-state index contributed by atoms with van der Waals surface area (Å²) in [6.45, 7) is 0. The van der Waals surface area contributed by atoms with Gasteiger partial charge in [0.15, 0.2) is 5.84 Å². The molecule has 6 heteroatoms. The number of hydrogen-bond acceptors (Lipinski definition) is 4. The summed E-state index contributed by atoms with van der Waals surface area (Å²) in [5.41, 5.74) is 13.3. The van der Waals surface area contributed by atoms with Crippen LogP contribution in [0.2, 0.25) is 0 Å². The van der Waals surface area contributed by atoms with E-state index in [2.05, 4.69) is 227 Å². The monoisotopic (exact) mass is 857 g/mol. The molecular weight excluding hydrogens is 819 g/mol. The van der Waals surface area contributed by atoms with Crippen LogP contribution in [-0.2, 0) is 0 Å². The molecule has 10 aromatic carbocycles. The van der Waals surface area contributed by atoms with E-state index in [9.17, 15) is 0 Å².